The Morgan fingerprint density at radius 2 is 1.95 bits per heavy atom. The molecule has 2 aromatic rings. The normalized spacial score (nSPS) is 14.3. The predicted molar refractivity (Wildman–Crippen MR) is 78.3 cm³/mol. The van der Waals surface area contributed by atoms with Crippen molar-refractivity contribution in [2.45, 2.75) is 19.5 Å². The zero-order valence-corrected chi connectivity index (χ0v) is 11.4. The van der Waals surface area contributed by atoms with Gasteiger partial charge < -0.3 is 10.6 Å². The maximum absolute atomic E-state index is 6.06. The fourth-order valence-corrected chi connectivity index (χ4v) is 2.67. The second kappa shape index (κ2) is 5.19. The predicted octanol–water partition coefficient (Wildman–Crippen LogP) is 2.76. The third-order valence-electron chi connectivity index (χ3n) is 3.55. The maximum Gasteiger partial charge on any atom is 0.129 e. The summed E-state index contributed by atoms with van der Waals surface area (Å²) in [5.41, 5.74) is 9.23. The first-order valence-corrected chi connectivity index (χ1v) is 6.83. The smallest absolute Gasteiger partial charge is 0.129 e. The first-order valence-electron chi connectivity index (χ1n) is 6.45. The van der Waals surface area contributed by atoms with Gasteiger partial charge in [-0.15, -0.1) is 0 Å². The summed E-state index contributed by atoms with van der Waals surface area (Å²) in [5, 5.41) is 0.642. The Morgan fingerprint density at radius 1 is 1.16 bits per heavy atom. The lowest BCUT2D eigenvalue weighted by Crippen LogP contribution is -2.31. The minimum Gasteiger partial charge on any atom is -0.352 e. The highest BCUT2D eigenvalue weighted by atomic mass is 35.5. The first-order chi connectivity index (χ1) is 9.28. The largest absolute Gasteiger partial charge is 0.352 e. The average molecular weight is 274 g/mol. The van der Waals surface area contributed by atoms with Gasteiger partial charge in [-0.05, 0) is 29.7 Å². The Hall–Kier alpha value is -1.58. The van der Waals surface area contributed by atoms with E-state index in [1.165, 1.54) is 11.1 Å². The number of rotatable bonds is 2. The van der Waals surface area contributed by atoms with Gasteiger partial charge in [-0.2, -0.15) is 0 Å². The highest BCUT2D eigenvalue weighted by Crippen LogP contribution is 2.25. The lowest BCUT2D eigenvalue weighted by molar-refractivity contribution is 0.718. The van der Waals surface area contributed by atoms with Crippen molar-refractivity contribution in [3.63, 3.8) is 0 Å². The van der Waals surface area contributed by atoms with Gasteiger partial charge in [-0.1, -0.05) is 35.9 Å². The standard InChI is InChI=1S/C15H16ClN3/c16-13-5-6-15(18-14(13)9-17)19-8-7-11-3-1-2-4-12(11)10-19/h1-6H,7-10,17H2. The van der Waals surface area contributed by atoms with E-state index in [-0.39, 0.29) is 0 Å². The number of nitrogens with two attached hydrogens (primary N) is 1. The lowest BCUT2D eigenvalue weighted by Gasteiger charge is -2.30. The molecule has 0 saturated carbocycles. The number of anilines is 1. The number of aromatic nitrogens is 1. The number of hydrogen-bond acceptors (Lipinski definition) is 3. The third kappa shape index (κ3) is 2.44. The van der Waals surface area contributed by atoms with E-state index in [0.29, 0.717) is 11.6 Å². The number of fused-ring (bicyclic) bond motifs is 1. The summed E-state index contributed by atoms with van der Waals surface area (Å²) in [6.45, 7) is 2.25. The van der Waals surface area contributed by atoms with Gasteiger partial charge in [0, 0.05) is 19.6 Å². The van der Waals surface area contributed by atoms with Gasteiger partial charge in [0.15, 0.2) is 0 Å². The third-order valence-corrected chi connectivity index (χ3v) is 3.90. The van der Waals surface area contributed by atoms with Crippen molar-refractivity contribution in [1.29, 1.82) is 0 Å². The minimum atomic E-state index is 0.372. The van der Waals surface area contributed by atoms with Crippen molar-refractivity contribution < 1.29 is 0 Å². The van der Waals surface area contributed by atoms with Crippen molar-refractivity contribution in [3.8, 4) is 0 Å². The van der Waals surface area contributed by atoms with Gasteiger partial charge >= 0.3 is 0 Å². The molecular formula is C15H16ClN3. The SMILES string of the molecule is NCc1nc(N2CCc3ccccc3C2)ccc1Cl. The number of pyridine rings is 1. The van der Waals surface area contributed by atoms with E-state index in [4.69, 9.17) is 17.3 Å². The Balaban J connectivity index is 1.89. The number of halogens is 1. The fourth-order valence-electron chi connectivity index (χ4n) is 2.48. The molecule has 1 aromatic heterocycles. The molecule has 2 N–H and O–H groups in total. The quantitative estimate of drug-likeness (QED) is 0.915. The average Bonchev–Trinajstić information content (AvgIpc) is 2.47. The molecule has 0 unspecified atom stereocenters. The number of hydrogen-bond donors (Lipinski definition) is 1. The van der Waals surface area contributed by atoms with Crippen LogP contribution in [-0.2, 0) is 19.5 Å². The van der Waals surface area contributed by atoms with Crippen LogP contribution in [-0.4, -0.2) is 11.5 Å². The zero-order valence-electron chi connectivity index (χ0n) is 10.6. The second-order valence-electron chi connectivity index (χ2n) is 4.74. The monoisotopic (exact) mass is 273 g/mol. The molecule has 0 atom stereocenters. The van der Waals surface area contributed by atoms with Gasteiger partial charge in [-0.3, -0.25) is 0 Å². The van der Waals surface area contributed by atoms with Crippen molar-refractivity contribution in [1.82, 2.24) is 4.98 Å². The molecule has 0 aliphatic carbocycles. The molecule has 0 fully saturated rings. The van der Waals surface area contributed by atoms with E-state index in [1.54, 1.807) is 0 Å². The number of benzene rings is 1. The summed E-state index contributed by atoms with van der Waals surface area (Å²) in [5.74, 6) is 0.958. The van der Waals surface area contributed by atoms with Crippen LogP contribution in [0.5, 0.6) is 0 Å². The zero-order chi connectivity index (χ0) is 13.2. The number of nitrogens with zero attached hydrogens (tertiary/aromatic N) is 2. The summed E-state index contributed by atoms with van der Waals surface area (Å²) in [6, 6.07) is 12.4. The topological polar surface area (TPSA) is 42.1 Å². The molecule has 1 aliphatic rings. The summed E-state index contributed by atoms with van der Waals surface area (Å²) >= 11 is 6.06. The van der Waals surface area contributed by atoms with Crippen LogP contribution in [0.15, 0.2) is 36.4 Å². The van der Waals surface area contributed by atoms with E-state index < -0.39 is 0 Å². The van der Waals surface area contributed by atoms with E-state index in [0.717, 1.165) is 31.0 Å². The highest BCUT2D eigenvalue weighted by molar-refractivity contribution is 6.31. The molecule has 0 radical (unpaired) electrons. The first kappa shape index (κ1) is 12.5. The maximum atomic E-state index is 6.06. The lowest BCUT2D eigenvalue weighted by atomic mass is 10.00. The van der Waals surface area contributed by atoms with E-state index >= 15 is 0 Å². The van der Waals surface area contributed by atoms with Gasteiger partial charge in [0.1, 0.15) is 5.82 Å². The molecule has 1 aliphatic heterocycles. The Morgan fingerprint density at radius 3 is 2.74 bits per heavy atom. The Bertz CT molecular complexity index is 598. The van der Waals surface area contributed by atoms with Crippen molar-refractivity contribution in [2.75, 3.05) is 11.4 Å². The van der Waals surface area contributed by atoms with Crippen LogP contribution >= 0.6 is 11.6 Å². The molecule has 0 saturated heterocycles. The van der Waals surface area contributed by atoms with Gasteiger partial charge in [-0.25, -0.2) is 4.98 Å². The van der Waals surface area contributed by atoms with Crippen LogP contribution in [0, 0.1) is 0 Å². The Labute approximate surface area is 118 Å². The molecule has 0 bridgehead atoms. The summed E-state index contributed by atoms with van der Waals surface area (Å²) < 4.78 is 0. The molecule has 1 aromatic carbocycles. The van der Waals surface area contributed by atoms with Crippen LogP contribution < -0.4 is 10.6 Å². The van der Waals surface area contributed by atoms with Crippen molar-refractivity contribution in [2.24, 2.45) is 5.73 Å². The molecule has 19 heavy (non-hydrogen) atoms. The second-order valence-corrected chi connectivity index (χ2v) is 5.15. The van der Waals surface area contributed by atoms with Crippen molar-refractivity contribution >= 4 is 17.4 Å². The van der Waals surface area contributed by atoms with E-state index in [2.05, 4.69) is 34.1 Å². The van der Waals surface area contributed by atoms with Crippen LogP contribution in [0.1, 0.15) is 16.8 Å². The molecule has 4 heteroatoms. The van der Waals surface area contributed by atoms with Gasteiger partial charge in [0.2, 0.25) is 0 Å². The molecular weight excluding hydrogens is 258 g/mol. The van der Waals surface area contributed by atoms with E-state index in [9.17, 15) is 0 Å². The minimum absolute atomic E-state index is 0.372. The molecule has 0 amide bonds. The Kier molecular flexibility index (Phi) is 3.40. The molecule has 3 rings (SSSR count). The summed E-state index contributed by atoms with van der Waals surface area (Å²) in [6.07, 6.45) is 1.05. The van der Waals surface area contributed by atoms with E-state index in [1.807, 2.05) is 12.1 Å². The molecule has 3 nitrogen and oxygen atoms in total. The van der Waals surface area contributed by atoms with Crippen LogP contribution in [0.25, 0.3) is 0 Å². The molecule has 0 spiro atoms. The van der Waals surface area contributed by atoms with Gasteiger partial charge in [0.05, 0.1) is 10.7 Å². The van der Waals surface area contributed by atoms with Crippen LogP contribution in [0.3, 0.4) is 0 Å². The van der Waals surface area contributed by atoms with Crippen LogP contribution in [0.4, 0.5) is 5.82 Å². The van der Waals surface area contributed by atoms with Crippen molar-refractivity contribution in [3.05, 3.63) is 58.2 Å². The summed E-state index contributed by atoms with van der Waals surface area (Å²) in [4.78, 5) is 6.83. The van der Waals surface area contributed by atoms with Crippen LogP contribution in [0.2, 0.25) is 5.02 Å². The highest BCUT2D eigenvalue weighted by Gasteiger charge is 2.17. The molecule has 2 heterocycles. The fraction of sp³-hybridized carbons (Fsp3) is 0.267. The van der Waals surface area contributed by atoms with Gasteiger partial charge in [0.25, 0.3) is 0 Å². The molecule has 98 valence electrons. The summed E-state index contributed by atoms with van der Waals surface area (Å²) in [7, 11) is 0.